The maximum Gasteiger partial charge on any atom is 0.0644 e. The van der Waals surface area contributed by atoms with Gasteiger partial charge in [-0.2, -0.15) is 5.10 Å². The lowest BCUT2D eigenvalue weighted by atomic mass is 9.96. The third kappa shape index (κ3) is 1.36. The Labute approximate surface area is 85.5 Å². The van der Waals surface area contributed by atoms with Gasteiger partial charge in [0.05, 0.1) is 5.69 Å². The van der Waals surface area contributed by atoms with Crippen molar-refractivity contribution in [1.82, 2.24) is 15.1 Å². The van der Waals surface area contributed by atoms with Crippen molar-refractivity contribution in [1.29, 1.82) is 0 Å². The SMILES string of the molecule is Cc1nn(C(C)C)c(C)c1C1CCN1. The van der Waals surface area contributed by atoms with Crippen LogP contribution in [0.1, 0.15) is 49.3 Å². The van der Waals surface area contributed by atoms with Crippen molar-refractivity contribution >= 4 is 0 Å². The molecule has 0 saturated carbocycles. The molecule has 1 aliphatic heterocycles. The van der Waals surface area contributed by atoms with Crippen LogP contribution in [-0.4, -0.2) is 16.3 Å². The summed E-state index contributed by atoms with van der Waals surface area (Å²) in [4.78, 5) is 0. The lowest BCUT2D eigenvalue weighted by molar-refractivity contribution is 0.379. The van der Waals surface area contributed by atoms with Gasteiger partial charge in [0, 0.05) is 23.3 Å². The molecule has 3 nitrogen and oxygen atoms in total. The van der Waals surface area contributed by atoms with Gasteiger partial charge < -0.3 is 5.32 Å². The Kier molecular flexibility index (Phi) is 2.35. The van der Waals surface area contributed by atoms with Crippen LogP contribution in [0.5, 0.6) is 0 Å². The number of nitrogens with zero attached hydrogens (tertiary/aromatic N) is 2. The second kappa shape index (κ2) is 3.39. The Morgan fingerprint density at radius 3 is 2.43 bits per heavy atom. The van der Waals surface area contributed by atoms with Gasteiger partial charge in [-0.1, -0.05) is 0 Å². The highest BCUT2D eigenvalue weighted by molar-refractivity contribution is 5.30. The van der Waals surface area contributed by atoms with Gasteiger partial charge in [0.2, 0.25) is 0 Å². The first-order chi connectivity index (χ1) is 6.61. The van der Waals surface area contributed by atoms with E-state index < -0.39 is 0 Å². The molecule has 1 aromatic rings. The predicted molar refractivity (Wildman–Crippen MR) is 57.4 cm³/mol. The van der Waals surface area contributed by atoms with Crippen LogP contribution in [0, 0.1) is 13.8 Å². The first kappa shape index (κ1) is 9.71. The number of nitrogens with one attached hydrogen (secondary N) is 1. The van der Waals surface area contributed by atoms with Crippen LogP contribution in [0.3, 0.4) is 0 Å². The molecule has 0 spiro atoms. The van der Waals surface area contributed by atoms with E-state index in [4.69, 9.17) is 0 Å². The molecule has 0 bridgehead atoms. The average molecular weight is 193 g/mol. The Morgan fingerprint density at radius 1 is 1.43 bits per heavy atom. The zero-order chi connectivity index (χ0) is 10.3. The zero-order valence-corrected chi connectivity index (χ0v) is 9.46. The molecule has 2 heterocycles. The molecule has 2 rings (SSSR count). The molecule has 1 saturated heterocycles. The minimum atomic E-state index is 0.461. The van der Waals surface area contributed by atoms with Crippen LogP contribution in [0.15, 0.2) is 0 Å². The van der Waals surface area contributed by atoms with E-state index >= 15 is 0 Å². The number of hydrogen-bond acceptors (Lipinski definition) is 2. The molecule has 1 unspecified atom stereocenters. The van der Waals surface area contributed by atoms with E-state index in [9.17, 15) is 0 Å². The Hall–Kier alpha value is -0.830. The second-order valence-corrected chi connectivity index (χ2v) is 4.42. The van der Waals surface area contributed by atoms with E-state index in [-0.39, 0.29) is 0 Å². The molecule has 1 atom stereocenters. The van der Waals surface area contributed by atoms with Gasteiger partial charge in [-0.05, 0) is 40.7 Å². The summed E-state index contributed by atoms with van der Waals surface area (Å²) in [7, 11) is 0. The Morgan fingerprint density at radius 2 is 2.07 bits per heavy atom. The molecule has 1 N–H and O–H groups in total. The third-order valence-electron chi connectivity index (χ3n) is 3.04. The lowest BCUT2D eigenvalue weighted by Crippen LogP contribution is -2.35. The number of aryl methyl sites for hydroxylation is 1. The van der Waals surface area contributed by atoms with Gasteiger partial charge in [0.25, 0.3) is 0 Å². The lowest BCUT2D eigenvalue weighted by Gasteiger charge is -2.28. The minimum absolute atomic E-state index is 0.461. The minimum Gasteiger partial charge on any atom is -0.310 e. The zero-order valence-electron chi connectivity index (χ0n) is 9.46. The van der Waals surface area contributed by atoms with Gasteiger partial charge >= 0.3 is 0 Å². The number of rotatable bonds is 2. The monoisotopic (exact) mass is 193 g/mol. The molecule has 0 aromatic carbocycles. The van der Waals surface area contributed by atoms with Gasteiger partial charge in [0.1, 0.15) is 0 Å². The standard InChI is InChI=1S/C11H19N3/c1-7(2)14-9(4)11(8(3)13-14)10-5-6-12-10/h7,10,12H,5-6H2,1-4H3. The summed E-state index contributed by atoms with van der Waals surface area (Å²) < 4.78 is 2.13. The van der Waals surface area contributed by atoms with Crippen molar-refractivity contribution in [3.63, 3.8) is 0 Å². The average Bonchev–Trinajstić information content (AvgIpc) is 2.29. The van der Waals surface area contributed by atoms with Crippen molar-refractivity contribution in [3.05, 3.63) is 17.0 Å². The molecule has 14 heavy (non-hydrogen) atoms. The first-order valence-corrected chi connectivity index (χ1v) is 5.40. The molecule has 0 radical (unpaired) electrons. The normalized spacial score (nSPS) is 21.4. The summed E-state index contributed by atoms with van der Waals surface area (Å²) >= 11 is 0. The maximum atomic E-state index is 4.59. The largest absolute Gasteiger partial charge is 0.310 e. The Balaban J connectivity index is 2.38. The van der Waals surface area contributed by atoms with Crippen LogP contribution in [0.25, 0.3) is 0 Å². The summed E-state index contributed by atoms with van der Waals surface area (Å²) in [6, 6.07) is 1.02. The molecule has 1 fully saturated rings. The fourth-order valence-electron chi connectivity index (χ4n) is 2.22. The predicted octanol–water partition coefficient (Wildman–Crippen LogP) is 2.12. The van der Waals surface area contributed by atoms with E-state index in [0.717, 1.165) is 6.54 Å². The molecule has 1 aromatic heterocycles. The van der Waals surface area contributed by atoms with Crippen LogP contribution < -0.4 is 5.32 Å². The van der Waals surface area contributed by atoms with Crippen molar-refractivity contribution in [3.8, 4) is 0 Å². The topological polar surface area (TPSA) is 29.9 Å². The van der Waals surface area contributed by atoms with Crippen LogP contribution in [-0.2, 0) is 0 Å². The van der Waals surface area contributed by atoms with E-state index in [0.29, 0.717) is 12.1 Å². The maximum absolute atomic E-state index is 4.59. The quantitative estimate of drug-likeness (QED) is 0.779. The van der Waals surface area contributed by atoms with E-state index in [1.54, 1.807) is 0 Å². The van der Waals surface area contributed by atoms with E-state index in [1.165, 1.54) is 23.4 Å². The van der Waals surface area contributed by atoms with Crippen molar-refractivity contribution in [2.75, 3.05) is 6.54 Å². The van der Waals surface area contributed by atoms with E-state index in [1.807, 2.05) is 0 Å². The highest BCUT2D eigenvalue weighted by Crippen LogP contribution is 2.29. The smallest absolute Gasteiger partial charge is 0.0644 e. The molecule has 3 heteroatoms. The second-order valence-electron chi connectivity index (χ2n) is 4.42. The third-order valence-corrected chi connectivity index (χ3v) is 3.04. The molecule has 0 aliphatic carbocycles. The number of hydrogen-bond donors (Lipinski definition) is 1. The fraction of sp³-hybridized carbons (Fsp3) is 0.727. The van der Waals surface area contributed by atoms with Gasteiger partial charge in [-0.25, -0.2) is 0 Å². The molecule has 78 valence electrons. The summed E-state index contributed by atoms with van der Waals surface area (Å²) in [6.45, 7) is 9.79. The molecule has 1 aliphatic rings. The van der Waals surface area contributed by atoms with Crippen molar-refractivity contribution < 1.29 is 0 Å². The summed E-state index contributed by atoms with van der Waals surface area (Å²) in [6.07, 6.45) is 1.26. The highest BCUT2D eigenvalue weighted by Gasteiger charge is 2.25. The van der Waals surface area contributed by atoms with Gasteiger partial charge in [-0.3, -0.25) is 4.68 Å². The first-order valence-electron chi connectivity index (χ1n) is 5.40. The van der Waals surface area contributed by atoms with Crippen molar-refractivity contribution in [2.24, 2.45) is 0 Å². The molecule has 0 amide bonds. The Bertz CT molecular complexity index is 335. The highest BCUT2D eigenvalue weighted by atomic mass is 15.3. The van der Waals surface area contributed by atoms with Crippen molar-refractivity contribution in [2.45, 2.75) is 46.2 Å². The van der Waals surface area contributed by atoms with Gasteiger partial charge in [-0.15, -0.1) is 0 Å². The molecular weight excluding hydrogens is 174 g/mol. The van der Waals surface area contributed by atoms with Gasteiger partial charge in [0.15, 0.2) is 0 Å². The summed E-state index contributed by atoms with van der Waals surface area (Å²) in [5.74, 6) is 0. The van der Waals surface area contributed by atoms with E-state index in [2.05, 4.69) is 42.8 Å². The van der Waals surface area contributed by atoms with Crippen LogP contribution in [0.2, 0.25) is 0 Å². The number of aromatic nitrogens is 2. The summed E-state index contributed by atoms with van der Waals surface area (Å²) in [5.41, 5.74) is 3.94. The summed E-state index contributed by atoms with van der Waals surface area (Å²) in [5, 5.41) is 8.03. The van der Waals surface area contributed by atoms with Crippen LogP contribution in [0.4, 0.5) is 0 Å². The molecular formula is C11H19N3. The van der Waals surface area contributed by atoms with Crippen LogP contribution >= 0.6 is 0 Å². The fourth-order valence-corrected chi connectivity index (χ4v) is 2.22.